The van der Waals surface area contributed by atoms with Crippen LogP contribution in [0.4, 0.5) is 11.6 Å². The largest absolute Gasteiger partial charge is 0.324 e. The summed E-state index contributed by atoms with van der Waals surface area (Å²) in [5, 5.41) is 5.43. The molecule has 0 radical (unpaired) electrons. The number of fused-ring (bicyclic) bond motifs is 1. The number of aromatic nitrogens is 2. The first kappa shape index (κ1) is 13.6. The Balaban J connectivity index is 1.69. The number of nitrogens with one attached hydrogen (secondary N) is 2. The molecule has 1 aliphatic rings. The molecule has 106 valence electrons. The van der Waals surface area contributed by atoms with Crippen LogP contribution in [0.1, 0.15) is 5.56 Å². The molecule has 0 fully saturated rings. The SMILES string of the molecule is O=C(Cc1ccc2c(c1)NC(=O)CS2)Nc1ncccn1. The van der Waals surface area contributed by atoms with Crippen LogP contribution in [0.15, 0.2) is 41.6 Å². The van der Waals surface area contributed by atoms with Crippen molar-refractivity contribution in [2.24, 2.45) is 0 Å². The summed E-state index contributed by atoms with van der Waals surface area (Å²) >= 11 is 1.49. The molecule has 2 amide bonds. The molecule has 0 aliphatic carbocycles. The van der Waals surface area contributed by atoms with Gasteiger partial charge in [-0.1, -0.05) is 6.07 Å². The standard InChI is InChI=1S/C14H12N4O2S/c19-12(18-14-15-4-1-5-16-14)7-9-2-3-11-10(6-9)17-13(20)8-21-11/h1-6H,7-8H2,(H,17,20)(H,15,16,18,19). The van der Waals surface area contributed by atoms with Crippen LogP contribution in [0.2, 0.25) is 0 Å². The lowest BCUT2D eigenvalue weighted by Crippen LogP contribution is -2.19. The van der Waals surface area contributed by atoms with E-state index in [1.807, 2.05) is 18.2 Å². The van der Waals surface area contributed by atoms with Gasteiger partial charge in [-0.2, -0.15) is 0 Å². The summed E-state index contributed by atoms with van der Waals surface area (Å²) in [4.78, 5) is 32.2. The zero-order chi connectivity index (χ0) is 14.7. The normalized spacial score (nSPS) is 13.2. The fraction of sp³-hybridized carbons (Fsp3) is 0.143. The fourth-order valence-electron chi connectivity index (χ4n) is 1.96. The molecule has 1 aromatic carbocycles. The van der Waals surface area contributed by atoms with Gasteiger partial charge in [0.2, 0.25) is 17.8 Å². The van der Waals surface area contributed by atoms with Crippen molar-refractivity contribution in [2.45, 2.75) is 11.3 Å². The molecule has 2 N–H and O–H groups in total. The van der Waals surface area contributed by atoms with Crippen LogP contribution in [-0.4, -0.2) is 27.5 Å². The summed E-state index contributed by atoms with van der Waals surface area (Å²) in [5.74, 6) is 0.491. The molecule has 2 aromatic rings. The molecule has 3 rings (SSSR count). The first-order valence-corrected chi connectivity index (χ1v) is 7.32. The number of nitrogens with zero attached hydrogens (tertiary/aromatic N) is 2. The number of carbonyl (C=O) groups excluding carboxylic acids is 2. The monoisotopic (exact) mass is 300 g/mol. The van der Waals surface area contributed by atoms with E-state index in [-0.39, 0.29) is 24.2 Å². The van der Waals surface area contributed by atoms with Crippen LogP contribution in [0.3, 0.4) is 0 Å². The second kappa shape index (κ2) is 5.92. The lowest BCUT2D eigenvalue weighted by atomic mass is 10.1. The fourth-order valence-corrected chi connectivity index (χ4v) is 2.75. The molecular formula is C14H12N4O2S. The molecule has 1 aromatic heterocycles. The summed E-state index contributed by atoms with van der Waals surface area (Å²) in [6.07, 6.45) is 3.33. The maximum absolute atomic E-state index is 11.9. The van der Waals surface area contributed by atoms with Crippen LogP contribution < -0.4 is 10.6 Å². The van der Waals surface area contributed by atoms with E-state index in [2.05, 4.69) is 20.6 Å². The minimum absolute atomic E-state index is 0.0215. The second-order valence-corrected chi connectivity index (χ2v) is 5.48. The summed E-state index contributed by atoms with van der Waals surface area (Å²) in [6.45, 7) is 0. The lowest BCUT2D eigenvalue weighted by molar-refractivity contribution is -0.115. The Morgan fingerprint density at radius 3 is 2.95 bits per heavy atom. The first-order chi connectivity index (χ1) is 10.2. The van der Waals surface area contributed by atoms with E-state index < -0.39 is 0 Å². The Labute approximate surface area is 125 Å². The van der Waals surface area contributed by atoms with E-state index in [1.165, 1.54) is 11.8 Å². The Kier molecular flexibility index (Phi) is 3.83. The van der Waals surface area contributed by atoms with Gasteiger partial charge in [-0.05, 0) is 23.8 Å². The maximum Gasteiger partial charge on any atom is 0.234 e. The zero-order valence-electron chi connectivity index (χ0n) is 11.0. The number of hydrogen-bond acceptors (Lipinski definition) is 5. The molecule has 0 saturated heterocycles. The van der Waals surface area contributed by atoms with Crippen LogP contribution in [0.5, 0.6) is 0 Å². The van der Waals surface area contributed by atoms with Crippen molar-refractivity contribution in [2.75, 3.05) is 16.4 Å². The van der Waals surface area contributed by atoms with E-state index in [0.29, 0.717) is 5.75 Å². The maximum atomic E-state index is 11.9. The minimum Gasteiger partial charge on any atom is -0.324 e. The van der Waals surface area contributed by atoms with Crippen molar-refractivity contribution >= 4 is 35.2 Å². The van der Waals surface area contributed by atoms with Gasteiger partial charge in [-0.25, -0.2) is 9.97 Å². The minimum atomic E-state index is -0.198. The first-order valence-electron chi connectivity index (χ1n) is 6.33. The Bertz CT molecular complexity index is 691. The highest BCUT2D eigenvalue weighted by Crippen LogP contribution is 2.32. The van der Waals surface area contributed by atoms with Gasteiger partial charge in [0.15, 0.2) is 0 Å². The quantitative estimate of drug-likeness (QED) is 0.901. The van der Waals surface area contributed by atoms with E-state index in [4.69, 9.17) is 0 Å². The molecular weight excluding hydrogens is 288 g/mol. The Morgan fingerprint density at radius 2 is 2.14 bits per heavy atom. The third-order valence-electron chi connectivity index (χ3n) is 2.86. The average Bonchev–Trinajstić information content (AvgIpc) is 2.47. The number of carbonyl (C=O) groups is 2. The summed E-state index contributed by atoms with van der Waals surface area (Å²) < 4.78 is 0. The van der Waals surface area contributed by atoms with E-state index in [9.17, 15) is 9.59 Å². The number of rotatable bonds is 3. The van der Waals surface area contributed by atoms with Gasteiger partial charge in [-0.3, -0.25) is 14.9 Å². The van der Waals surface area contributed by atoms with E-state index in [0.717, 1.165) is 16.1 Å². The smallest absolute Gasteiger partial charge is 0.234 e. The van der Waals surface area contributed by atoms with Gasteiger partial charge in [0.25, 0.3) is 0 Å². The van der Waals surface area contributed by atoms with Gasteiger partial charge in [-0.15, -0.1) is 11.8 Å². The number of benzene rings is 1. The summed E-state index contributed by atoms with van der Waals surface area (Å²) in [5.41, 5.74) is 1.59. The molecule has 0 saturated carbocycles. The summed E-state index contributed by atoms with van der Waals surface area (Å²) in [7, 11) is 0. The number of anilines is 2. The Hall–Kier alpha value is -2.41. The molecule has 7 heteroatoms. The van der Waals surface area contributed by atoms with Crippen molar-refractivity contribution in [1.29, 1.82) is 0 Å². The second-order valence-electron chi connectivity index (χ2n) is 4.46. The third kappa shape index (κ3) is 3.38. The highest BCUT2D eigenvalue weighted by molar-refractivity contribution is 8.00. The zero-order valence-corrected chi connectivity index (χ0v) is 11.8. The molecule has 0 spiro atoms. The number of thioether (sulfide) groups is 1. The van der Waals surface area contributed by atoms with E-state index in [1.54, 1.807) is 18.5 Å². The van der Waals surface area contributed by atoms with Crippen molar-refractivity contribution < 1.29 is 9.59 Å². The van der Waals surface area contributed by atoms with E-state index >= 15 is 0 Å². The molecule has 6 nitrogen and oxygen atoms in total. The Morgan fingerprint density at radius 1 is 1.33 bits per heavy atom. The van der Waals surface area contributed by atoms with Crippen LogP contribution >= 0.6 is 11.8 Å². The lowest BCUT2D eigenvalue weighted by Gasteiger charge is -2.16. The van der Waals surface area contributed by atoms with Crippen LogP contribution in [-0.2, 0) is 16.0 Å². The average molecular weight is 300 g/mol. The molecule has 1 aliphatic heterocycles. The van der Waals surface area contributed by atoms with Crippen molar-refractivity contribution in [3.63, 3.8) is 0 Å². The van der Waals surface area contributed by atoms with Crippen molar-refractivity contribution in [3.8, 4) is 0 Å². The van der Waals surface area contributed by atoms with Gasteiger partial charge < -0.3 is 5.32 Å². The van der Waals surface area contributed by atoms with Gasteiger partial charge >= 0.3 is 0 Å². The molecule has 0 atom stereocenters. The predicted octanol–water partition coefficient (Wildman–Crippen LogP) is 1.70. The number of amides is 2. The topological polar surface area (TPSA) is 84.0 Å². The molecule has 2 heterocycles. The van der Waals surface area contributed by atoms with Crippen molar-refractivity contribution in [1.82, 2.24) is 9.97 Å². The highest BCUT2D eigenvalue weighted by Gasteiger charge is 2.16. The molecule has 0 bridgehead atoms. The van der Waals surface area contributed by atoms with Crippen LogP contribution in [0.25, 0.3) is 0 Å². The predicted molar refractivity (Wildman–Crippen MR) is 80.2 cm³/mol. The third-order valence-corrected chi connectivity index (χ3v) is 3.93. The van der Waals surface area contributed by atoms with Crippen molar-refractivity contribution in [3.05, 3.63) is 42.2 Å². The number of hydrogen-bond donors (Lipinski definition) is 2. The molecule has 21 heavy (non-hydrogen) atoms. The molecule has 0 unspecified atom stereocenters. The summed E-state index contributed by atoms with van der Waals surface area (Å²) in [6, 6.07) is 7.31. The van der Waals surface area contributed by atoms with Crippen LogP contribution in [0, 0.1) is 0 Å². The van der Waals surface area contributed by atoms with Gasteiger partial charge in [0, 0.05) is 17.3 Å². The van der Waals surface area contributed by atoms with Gasteiger partial charge in [0.05, 0.1) is 17.9 Å². The highest BCUT2D eigenvalue weighted by atomic mass is 32.2. The van der Waals surface area contributed by atoms with Gasteiger partial charge in [0.1, 0.15) is 0 Å².